The highest BCUT2D eigenvalue weighted by atomic mass is 16.5. The lowest BCUT2D eigenvalue weighted by molar-refractivity contribution is -0.144. The van der Waals surface area contributed by atoms with Gasteiger partial charge in [0.15, 0.2) is 5.90 Å². The van der Waals surface area contributed by atoms with Crippen LogP contribution in [-0.4, -0.2) is 34.7 Å². The van der Waals surface area contributed by atoms with Gasteiger partial charge in [-0.1, -0.05) is 18.2 Å². The first-order valence-electron chi connectivity index (χ1n) is 4.86. The zero-order chi connectivity index (χ0) is 11.5. The van der Waals surface area contributed by atoms with E-state index in [1.807, 2.05) is 0 Å². The van der Waals surface area contributed by atoms with Gasteiger partial charge in [-0.2, -0.15) is 0 Å². The molecule has 1 aromatic rings. The minimum atomic E-state index is -1.02. The second-order valence-electron chi connectivity index (χ2n) is 3.48. The molecule has 1 atom stereocenters. The predicted octanol–water partition coefficient (Wildman–Crippen LogP) is 0.817. The van der Waals surface area contributed by atoms with E-state index >= 15 is 0 Å². The normalized spacial score (nSPS) is 19.0. The Morgan fingerprint density at radius 3 is 2.88 bits per heavy atom. The Hall–Kier alpha value is -2.04. The van der Waals surface area contributed by atoms with Crippen molar-refractivity contribution in [1.29, 1.82) is 0 Å². The third-order valence-corrected chi connectivity index (χ3v) is 2.32. The number of para-hydroxylation sites is 1. The first kappa shape index (κ1) is 10.5. The van der Waals surface area contributed by atoms with E-state index < -0.39 is 12.1 Å². The number of nitrogens with zero attached hydrogens (tertiary/aromatic N) is 1. The van der Waals surface area contributed by atoms with Gasteiger partial charge in [0, 0.05) is 5.56 Å². The topological polar surface area (TPSA) is 79.1 Å². The Labute approximate surface area is 92.0 Å². The van der Waals surface area contributed by atoms with Crippen LogP contribution in [-0.2, 0) is 16.0 Å². The van der Waals surface area contributed by atoms with Crippen molar-refractivity contribution < 1.29 is 19.7 Å². The molecule has 0 saturated carbocycles. The van der Waals surface area contributed by atoms with Crippen LogP contribution in [0.3, 0.4) is 0 Å². The molecule has 0 bridgehead atoms. The number of carboxylic acid groups (broad SMARTS) is 1. The maximum atomic E-state index is 10.6. The van der Waals surface area contributed by atoms with Crippen molar-refractivity contribution in [2.75, 3.05) is 6.54 Å². The fraction of sp³-hybridized carbons (Fsp3) is 0.273. The summed E-state index contributed by atoms with van der Waals surface area (Å²) in [6.45, 7) is 0.137. The van der Waals surface area contributed by atoms with Crippen molar-refractivity contribution in [3.05, 3.63) is 29.8 Å². The molecule has 0 amide bonds. The van der Waals surface area contributed by atoms with Gasteiger partial charge in [0.25, 0.3) is 0 Å². The van der Waals surface area contributed by atoms with E-state index in [0.717, 1.165) is 0 Å². The van der Waals surface area contributed by atoms with Crippen LogP contribution >= 0.6 is 0 Å². The number of phenolic OH excluding ortho intramolecular Hbond substituents is 1. The number of aliphatic carboxylic acids is 1. The average molecular weight is 221 g/mol. The van der Waals surface area contributed by atoms with Gasteiger partial charge in [0.05, 0.1) is 13.0 Å². The molecule has 16 heavy (non-hydrogen) atoms. The van der Waals surface area contributed by atoms with Crippen LogP contribution in [0.5, 0.6) is 5.75 Å². The quantitative estimate of drug-likeness (QED) is 0.791. The monoisotopic (exact) mass is 221 g/mol. The third-order valence-electron chi connectivity index (χ3n) is 2.32. The van der Waals surface area contributed by atoms with E-state index in [1.165, 1.54) is 0 Å². The van der Waals surface area contributed by atoms with E-state index in [2.05, 4.69) is 4.99 Å². The van der Waals surface area contributed by atoms with Crippen molar-refractivity contribution >= 4 is 11.9 Å². The number of ether oxygens (including phenoxy) is 1. The van der Waals surface area contributed by atoms with Crippen molar-refractivity contribution in [2.24, 2.45) is 4.99 Å². The molecule has 5 nitrogen and oxygen atoms in total. The first-order chi connectivity index (χ1) is 7.66. The number of aromatic hydroxyl groups is 1. The van der Waals surface area contributed by atoms with Crippen LogP contribution in [0, 0.1) is 0 Å². The molecule has 0 aliphatic carbocycles. The molecule has 2 N–H and O–H groups in total. The van der Waals surface area contributed by atoms with Crippen molar-refractivity contribution in [3.63, 3.8) is 0 Å². The second-order valence-corrected chi connectivity index (χ2v) is 3.48. The summed E-state index contributed by atoms with van der Waals surface area (Å²) in [5, 5.41) is 18.2. The van der Waals surface area contributed by atoms with Gasteiger partial charge in [-0.15, -0.1) is 0 Å². The van der Waals surface area contributed by atoms with Crippen LogP contribution in [0.4, 0.5) is 0 Å². The lowest BCUT2D eigenvalue weighted by Gasteiger charge is -2.07. The van der Waals surface area contributed by atoms with Gasteiger partial charge in [0.1, 0.15) is 5.75 Å². The van der Waals surface area contributed by atoms with E-state index in [4.69, 9.17) is 9.84 Å². The predicted molar refractivity (Wildman–Crippen MR) is 56.6 cm³/mol. The number of aliphatic imine (C=N–C) groups is 1. The third kappa shape index (κ3) is 2.13. The summed E-state index contributed by atoms with van der Waals surface area (Å²) in [6, 6.07) is 6.82. The average Bonchev–Trinajstić information content (AvgIpc) is 2.70. The number of hydrogen-bond acceptors (Lipinski definition) is 4. The first-order valence-corrected chi connectivity index (χ1v) is 4.86. The van der Waals surface area contributed by atoms with Crippen LogP contribution in [0.15, 0.2) is 29.3 Å². The molecule has 5 heteroatoms. The Kier molecular flexibility index (Phi) is 2.76. The second kappa shape index (κ2) is 4.22. The molecule has 0 radical (unpaired) electrons. The molecule has 2 rings (SSSR count). The minimum Gasteiger partial charge on any atom is -0.508 e. The Balaban J connectivity index is 2.03. The fourth-order valence-corrected chi connectivity index (χ4v) is 1.47. The van der Waals surface area contributed by atoms with Crippen LogP contribution in [0.2, 0.25) is 0 Å². The summed E-state index contributed by atoms with van der Waals surface area (Å²) in [5.41, 5.74) is 0.673. The van der Waals surface area contributed by atoms with Crippen molar-refractivity contribution in [3.8, 4) is 5.75 Å². The van der Waals surface area contributed by atoms with Gasteiger partial charge < -0.3 is 14.9 Å². The van der Waals surface area contributed by atoms with Crippen LogP contribution in [0.1, 0.15) is 5.56 Å². The Morgan fingerprint density at radius 1 is 1.50 bits per heavy atom. The molecular formula is C11H11NO4. The molecule has 0 fully saturated rings. The molecule has 1 unspecified atom stereocenters. The summed E-state index contributed by atoms with van der Waals surface area (Å²) >= 11 is 0. The summed E-state index contributed by atoms with van der Waals surface area (Å²) in [6.07, 6.45) is -0.572. The summed E-state index contributed by atoms with van der Waals surface area (Å²) < 4.78 is 5.12. The lowest BCUT2D eigenvalue weighted by Crippen LogP contribution is -2.24. The molecule has 84 valence electrons. The van der Waals surface area contributed by atoms with E-state index in [9.17, 15) is 9.90 Å². The van der Waals surface area contributed by atoms with Gasteiger partial charge in [-0.05, 0) is 6.07 Å². The largest absolute Gasteiger partial charge is 0.508 e. The number of phenols is 1. The highest BCUT2D eigenvalue weighted by Gasteiger charge is 2.26. The number of carboxylic acids is 1. The fourth-order valence-electron chi connectivity index (χ4n) is 1.47. The van der Waals surface area contributed by atoms with Crippen LogP contribution in [0.25, 0.3) is 0 Å². The van der Waals surface area contributed by atoms with E-state index in [-0.39, 0.29) is 12.3 Å². The van der Waals surface area contributed by atoms with Gasteiger partial charge in [-0.25, -0.2) is 4.79 Å². The molecule has 0 aromatic heterocycles. The maximum absolute atomic E-state index is 10.6. The van der Waals surface area contributed by atoms with Gasteiger partial charge >= 0.3 is 5.97 Å². The molecule has 1 heterocycles. The Morgan fingerprint density at radius 2 is 2.25 bits per heavy atom. The summed E-state index contributed by atoms with van der Waals surface area (Å²) in [7, 11) is 0. The zero-order valence-corrected chi connectivity index (χ0v) is 8.46. The van der Waals surface area contributed by atoms with Gasteiger partial charge in [0.2, 0.25) is 6.10 Å². The number of benzene rings is 1. The standard InChI is InChI=1S/C11H11NO4/c13-8-4-2-1-3-7(8)5-10-12-6-9(16-10)11(14)15/h1-4,9,13H,5-6H2,(H,14,15). The molecule has 0 saturated heterocycles. The van der Waals surface area contributed by atoms with E-state index in [1.54, 1.807) is 24.3 Å². The molecule has 1 aromatic carbocycles. The number of rotatable bonds is 3. The molecule has 0 spiro atoms. The van der Waals surface area contributed by atoms with Gasteiger partial charge in [-0.3, -0.25) is 4.99 Å². The lowest BCUT2D eigenvalue weighted by atomic mass is 10.1. The zero-order valence-electron chi connectivity index (χ0n) is 8.46. The van der Waals surface area contributed by atoms with Crippen LogP contribution < -0.4 is 0 Å². The smallest absolute Gasteiger partial charge is 0.346 e. The number of carbonyl (C=O) groups is 1. The SMILES string of the molecule is O=C(O)C1CN=C(Cc2ccccc2O)O1. The highest BCUT2D eigenvalue weighted by Crippen LogP contribution is 2.18. The van der Waals surface area contributed by atoms with Crippen molar-refractivity contribution in [1.82, 2.24) is 0 Å². The Bertz CT molecular complexity index is 441. The molecule has 1 aliphatic heterocycles. The van der Waals surface area contributed by atoms with Crippen molar-refractivity contribution in [2.45, 2.75) is 12.5 Å². The number of hydrogen-bond donors (Lipinski definition) is 2. The summed E-state index contributed by atoms with van der Waals surface area (Å²) in [4.78, 5) is 14.6. The highest BCUT2D eigenvalue weighted by molar-refractivity contribution is 5.86. The molecular weight excluding hydrogens is 210 g/mol. The maximum Gasteiger partial charge on any atom is 0.346 e. The summed E-state index contributed by atoms with van der Waals surface area (Å²) in [5.74, 6) is -0.502. The molecule has 1 aliphatic rings. The minimum absolute atomic E-state index is 0.137. The van der Waals surface area contributed by atoms with E-state index in [0.29, 0.717) is 17.9 Å².